The summed E-state index contributed by atoms with van der Waals surface area (Å²) in [5, 5.41) is 28.4. The Hall–Kier alpha value is -5.91. The lowest BCUT2D eigenvalue weighted by atomic mass is 10.0. The van der Waals surface area contributed by atoms with E-state index in [0.29, 0.717) is 18.2 Å². The number of fused-ring (bicyclic) bond motifs is 1. The molecule has 0 bridgehead atoms. The Labute approximate surface area is 283 Å². The van der Waals surface area contributed by atoms with Gasteiger partial charge in [0.25, 0.3) is 11.8 Å². The van der Waals surface area contributed by atoms with Gasteiger partial charge in [0, 0.05) is 35.9 Å². The van der Waals surface area contributed by atoms with Gasteiger partial charge in [-0.05, 0) is 30.3 Å². The number of hydrogen-bond donors (Lipinski definition) is 3. The third-order valence-electron chi connectivity index (χ3n) is 6.98. The van der Waals surface area contributed by atoms with Crippen molar-refractivity contribution in [2.24, 2.45) is 0 Å². The number of carbonyl (C=O) groups is 3. The molecule has 0 spiro atoms. The van der Waals surface area contributed by atoms with Crippen molar-refractivity contribution >= 4 is 18.1 Å². The Kier molecular flexibility index (Phi) is 12.2. The normalized spacial score (nSPS) is 13.7. The monoisotopic (exact) mass is 726 g/mol. The second-order valence-corrected chi connectivity index (χ2v) is 10.4. The predicted octanol–water partition coefficient (Wildman–Crippen LogP) is 5.49. The lowest BCUT2D eigenvalue weighted by molar-refractivity contribution is -0.138. The van der Waals surface area contributed by atoms with Gasteiger partial charge in [-0.3, -0.25) is 24.0 Å². The van der Waals surface area contributed by atoms with E-state index in [0.717, 1.165) is 52.7 Å². The van der Waals surface area contributed by atoms with Crippen LogP contribution < -0.4 is 10.9 Å². The molecule has 272 valence electrons. The molecule has 0 aliphatic carbocycles. The lowest BCUT2D eigenvalue weighted by Crippen LogP contribution is -2.28. The summed E-state index contributed by atoms with van der Waals surface area (Å²) in [5.74, 6) is -2.80. The molecule has 2 aromatic carbocycles. The number of aliphatic hydroxyl groups is 1. The van der Waals surface area contributed by atoms with Crippen LogP contribution in [-0.2, 0) is 25.4 Å². The minimum atomic E-state index is -4.67. The molecule has 1 unspecified atom stereocenters. The molecule has 2 aromatic heterocycles. The van der Waals surface area contributed by atoms with Crippen LogP contribution in [0.15, 0.2) is 79.5 Å². The average molecular weight is 727 g/mol. The summed E-state index contributed by atoms with van der Waals surface area (Å²) in [4.78, 5) is 60.2. The quantitative estimate of drug-likeness (QED) is 0.170. The molecule has 12 nitrogen and oxygen atoms in total. The molecule has 0 saturated heterocycles. The number of aliphatic hydroxyl groups excluding tert-OH is 1. The van der Waals surface area contributed by atoms with Crippen molar-refractivity contribution in [2.75, 3.05) is 7.05 Å². The van der Waals surface area contributed by atoms with E-state index in [1.807, 2.05) is 13.8 Å². The van der Waals surface area contributed by atoms with E-state index in [2.05, 4.69) is 0 Å². The van der Waals surface area contributed by atoms with Gasteiger partial charge >= 0.3 is 12.4 Å². The molecule has 1 aliphatic heterocycles. The van der Waals surface area contributed by atoms with Crippen LogP contribution >= 0.6 is 0 Å². The lowest BCUT2D eigenvalue weighted by Gasteiger charge is -2.20. The van der Waals surface area contributed by atoms with Crippen LogP contribution in [-0.4, -0.2) is 50.3 Å². The second-order valence-electron chi connectivity index (χ2n) is 10.4. The number of amides is 2. The Balaban J connectivity index is 0.000000263. The number of halogens is 6. The number of rotatable bonds is 6. The highest BCUT2D eigenvalue weighted by Gasteiger charge is 2.39. The minimum Gasteiger partial charge on any atom is -0.502 e. The van der Waals surface area contributed by atoms with Crippen LogP contribution in [0.3, 0.4) is 0 Å². The summed E-state index contributed by atoms with van der Waals surface area (Å²) >= 11 is 0. The number of aromatic hydroxyl groups is 2. The van der Waals surface area contributed by atoms with Crippen molar-refractivity contribution in [3.05, 3.63) is 126 Å². The Morgan fingerprint density at radius 1 is 0.843 bits per heavy atom. The third kappa shape index (κ3) is 9.21. The van der Waals surface area contributed by atoms with Gasteiger partial charge in [0.1, 0.15) is 24.0 Å². The van der Waals surface area contributed by atoms with Gasteiger partial charge < -0.3 is 34.0 Å². The fraction of sp³-hybridized carbons (Fsp3) is 0.242. The summed E-state index contributed by atoms with van der Waals surface area (Å²) in [7, 11) is 1.27. The maximum Gasteiger partial charge on any atom is 0.416 e. The van der Waals surface area contributed by atoms with Crippen LogP contribution in [0.1, 0.15) is 79.4 Å². The van der Waals surface area contributed by atoms with Gasteiger partial charge in [-0.15, -0.1) is 0 Å². The Bertz CT molecular complexity index is 2040. The van der Waals surface area contributed by atoms with Crippen LogP contribution in [0.4, 0.5) is 26.3 Å². The number of carbonyl (C=O) groups excluding carboxylic acids is 3. The smallest absolute Gasteiger partial charge is 0.416 e. The Morgan fingerprint density at radius 3 is 1.88 bits per heavy atom. The molecule has 51 heavy (non-hydrogen) atoms. The van der Waals surface area contributed by atoms with Crippen LogP contribution in [0, 0.1) is 0 Å². The second kappa shape index (κ2) is 15.8. The van der Waals surface area contributed by atoms with Crippen LogP contribution in [0.5, 0.6) is 11.5 Å². The largest absolute Gasteiger partial charge is 0.502 e. The zero-order valence-electron chi connectivity index (χ0n) is 26.7. The molecular weight excluding hydrogens is 698 g/mol. The first kappa shape index (κ1) is 39.5. The number of benzene rings is 2. The van der Waals surface area contributed by atoms with Gasteiger partial charge in [0.15, 0.2) is 24.0 Å². The van der Waals surface area contributed by atoms with E-state index in [1.165, 1.54) is 7.05 Å². The van der Waals surface area contributed by atoms with Crippen LogP contribution in [0.25, 0.3) is 0 Å². The van der Waals surface area contributed by atoms with Gasteiger partial charge in [0.2, 0.25) is 10.9 Å². The summed E-state index contributed by atoms with van der Waals surface area (Å²) in [6.07, 6.45) is -9.03. The van der Waals surface area contributed by atoms with Crippen molar-refractivity contribution in [3.63, 3.8) is 0 Å². The van der Waals surface area contributed by atoms with Crippen molar-refractivity contribution in [2.45, 2.75) is 45.5 Å². The molecule has 2 amide bonds. The third-order valence-corrected chi connectivity index (χ3v) is 6.98. The molecule has 1 atom stereocenters. The van der Waals surface area contributed by atoms with E-state index in [-0.39, 0.29) is 47.6 Å². The average Bonchev–Trinajstić information content (AvgIpc) is 3.32. The van der Waals surface area contributed by atoms with Crippen molar-refractivity contribution in [1.29, 1.82) is 0 Å². The summed E-state index contributed by atoms with van der Waals surface area (Å²) in [6.45, 7) is 3.41. The zero-order valence-corrected chi connectivity index (χ0v) is 26.7. The number of nitrogens with zero attached hydrogens (tertiary/aromatic N) is 2. The maximum absolute atomic E-state index is 12.8. The van der Waals surface area contributed by atoms with E-state index >= 15 is 0 Å². The molecule has 18 heteroatoms. The highest BCUT2D eigenvalue weighted by Crippen LogP contribution is 2.38. The van der Waals surface area contributed by atoms with Crippen molar-refractivity contribution < 1.29 is 64.9 Å². The van der Waals surface area contributed by atoms with E-state index < -0.39 is 69.4 Å². The van der Waals surface area contributed by atoms with Crippen molar-refractivity contribution in [1.82, 2.24) is 9.80 Å². The minimum absolute atomic E-state index is 0.0123. The topological polar surface area (TPSA) is 179 Å². The number of hydrogen-bond acceptors (Lipinski definition) is 10. The Morgan fingerprint density at radius 2 is 1.35 bits per heavy atom. The molecule has 4 aromatic rings. The molecule has 5 rings (SSSR count). The van der Waals surface area contributed by atoms with Gasteiger partial charge in [-0.1, -0.05) is 19.9 Å². The van der Waals surface area contributed by atoms with Crippen molar-refractivity contribution in [3.8, 4) is 11.5 Å². The van der Waals surface area contributed by atoms with Gasteiger partial charge in [0.05, 0.1) is 29.8 Å². The SMILES string of the molecule is CC.CN(Cc1cc(=O)c(O)co1)C(=O)c1cc(C(F)(F)F)ccc1C=O.O=C1c2ccc(C(F)(F)F)cc2C(O)N1Cc1cc(=O)c(O)co1. The highest BCUT2D eigenvalue weighted by atomic mass is 19.4. The maximum atomic E-state index is 12.8. The van der Waals surface area contributed by atoms with E-state index in [4.69, 9.17) is 19.0 Å². The van der Waals surface area contributed by atoms with Gasteiger partial charge in [-0.2, -0.15) is 26.3 Å². The molecular formula is C33H28F6N2O10. The van der Waals surface area contributed by atoms with Gasteiger partial charge in [-0.25, -0.2) is 0 Å². The first-order valence-corrected chi connectivity index (χ1v) is 14.5. The fourth-order valence-electron chi connectivity index (χ4n) is 4.49. The molecule has 3 heterocycles. The number of aldehydes is 1. The first-order chi connectivity index (χ1) is 23.8. The summed E-state index contributed by atoms with van der Waals surface area (Å²) in [5.41, 5.74) is -4.36. The summed E-state index contributed by atoms with van der Waals surface area (Å²) < 4.78 is 86.6. The van der Waals surface area contributed by atoms with E-state index in [1.54, 1.807) is 0 Å². The highest BCUT2D eigenvalue weighted by molar-refractivity contribution is 6.01. The molecule has 1 aliphatic rings. The predicted molar refractivity (Wildman–Crippen MR) is 164 cm³/mol. The molecule has 0 saturated carbocycles. The standard InChI is InChI=1S/C16H12F3NO5.C15H10F3NO5.C2H6/c1-20(6-11-5-13(22)14(23)8-25-11)15(24)12-4-10(16(17,18)19)3-2-9(12)7-21;16-15(17,18)7-1-2-9-10(3-7)14(23)19(13(9)22)5-8-4-11(20)12(21)6-24-8;1-2/h2-5,7-8,23H,6H2,1H3;1-4,6,14,21,23H,5H2;1-2H3. The van der Waals surface area contributed by atoms with E-state index in [9.17, 15) is 55.4 Å². The molecule has 0 fully saturated rings. The molecule has 3 N–H and O–H groups in total. The zero-order chi connectivity index (χ0) is 38.4. The first-order valence-electron chi connectivity index (χ1n) is 14.5. The fourth-order valence-corrected chi connectivity index (χ4v) is 4.49. The molecule has 0 radical (unpaired) electrons. The number of alkyl halides is 6. The van der Waals surface area contributed by atoms with Crippen LogP contribution in [0.2, 0.25) is 0 Å². The summed E-state index contributed by atoms with van der Waals surface area (Å²) in [6, 6.07) is 6.56.